The Hall–Kier alpha value is -0.820. The van der Waals surface area contributed by atoms with Crippen molar-refractivity contribution in [1.29, 1.82) is 0 Å². The molecule has 86 valence electrons. The smallest absolute Gasteiger partial charge is 0.00152 e. The van der Waals surface area contributed by atoms with Gasteiger partial charge in [0.1, 0.15) is 0 Å². The second-order valence-corrected chi connectivity index (χ2v) is 5.82. The number of hydrogen-bond donors (Lipinski definition) is 0. The van der Waals surface area contributed by atoms with Crippen molar-refractivity contribution < 1.29 is 0 Å². The van der Waals surface area contributed by atoms with Gasteiger partial charge in [0.05, 0.1) is 0 Å². The van der Waals surface area contributed by atoms with Crippen molar-refractivity contribution in [2.45, 2.75) is 31.6 Å². The molecule has 1 fully saturated rings. The minimum Gasteiger partial charge on any atom is -0.306 e. The van der Waals surface area contributed by atoms with Crippen molar-refractivity contribution in [3.63, 3.8) is 0 Å². The van der Waals surface area contributed by atoms with Crippen LogP contribution in [0, 0.1) is 5.92 Å². The van der Waals surface area contributed by atoms with E-state index in [1.54, 1.807) is 11.1 Å². The average molecular weight is 215 g/mol. The van der Waals surface area contributed by atoms with Gasteiger partial charge in [0.2, 0.25) is 0 Å². The van der Waals surface area contributed by atoms with Crippen LogP contribution < -0.4 is 0 Å². The molecule has 2 atom stereocenters. The summed E-state index contributed by atoms with van der Waals surface area (Å²) in [5.74, 6) is 0.862. The Bertz CT molecular complexity index is 398. The quantitative estimate of drug-likeness (QED) is 0.643. The predicted octanol–water partition coefficient (Wildman–Crippen LogP) is 2.84. The number of aryl methyl sites for hydroxylation is 1. The maximum absolute atomic E-state index is 2.50. The Balaban J connectivity index is 2.03. The van der Waals surface area contributed by atoms with Crippen molar-refractivity contribution in [1.82, 2.24) is 4.90 Å². The van der Waals surface area contributed by atoms with Crippen molar-refractivity contribution in [2.75, 3.05) is 20.1 Å². The molecule has 0 spiro atoms. The fourth-order valence-corrected chi connectivity index (χ4v) is 3.69. The lowest BCUT2D eigenvalue weighted by Gasteiger charge is -2.49. The van der Waals surface area contributed by atoms with Crippen LogP contribution in [0.4, 0.5) is 0 Å². The second-order valence-electron chi connectivity index (χ2n) is 5.82. The van der Waals surface area contributed by atoms with E-state index in [9.17, 15) is 0 Å². The Morgan fingerprint density at radius 3 is 3.00 bits per heavy atom. The molecule has 1 aromatic rings. The van der Waals surface area contributed by atoms with Gasteiger partial charge >= 0.3 is 0 Å². The largest absolute Gasteiger partial charge is 0.306 e. The van der Waals surface area contributed by atoms with E-state index in [2.05, 4.69) is 43.1 Å². The third kappa shape index (κ3) is 1.41. The highest BCUT2D eigenvalue weighted by atomic mass is 15.1. The number of benzene rings is 1. The Morgan fingerprint density at radius 2 is 2.12 bits per heavy atom. The van der Waals surface area contributed by atoms with Crippen molar-refractivity contribution in [3.05, 3.63) is 35.4 Å². The van der Waals surface area contributed by atoms with Crippen LogP contribution in [0.2, 0.25) is 0 Å². The lowest BCUT2D eigenvalue weighted by Crippen LogP contribution is -2.49. The highest BCUT2D eigenvalue weighted by molar-refractivity contribution is 5.37. The summed E-state index contributed by atoms with van der Waals surface area (Å²) in [5.41, 5.74) is 3.69. The second kappa shape index (κ2) is 3.59. The third-order valence-corrected chi connectivity index (χ3v) is 4.84. The molecule has 1 aliphatic carbocycles. The van der Waals surface area contributed by atoms with Gasteiger partial charge in [0, 0.05) is 6.54 Å². The predicted molar refractivity (Wildman–Crippen MR) is 67.7 cm³/mol. The number of piperidine rings is 1. The minimum atomic E-state index is 0.446. The fourth-order valence-electron chi connectivity index (χ4n) is 3.69. The number of likely N-dealkylation sites (tertiary alicyclic amines) is 1. The van der Waals surface area contributed by atoms with Gasteiger partial charge < -0.3 is 4.90 Å². The first kappa shape index (κ1) is 10.3. The number of hydrogen-bond acceptors (Lipinski definition) is 1. The number of rotatable bonds is 0. The first-order valence-corrected chi connectivity index (χ1v) is 6.47. The van der Waals surface area contributed by atoms with Gasteiger partial charge in [-0.1, -0.05) is 31.2 Å². The Labute approximate surface area is 98.5 Å². The zero-order valence-electron chi connectivity index (χ0n) is 10.4. The normalized spacial score (nSPS) is 34.2. The van der Waals surface area contributed by atoms with Crippen LogP contribution in [0.25, 0.3) is 0 Å². The fraction of sp³-hybridized carbons (Fsp3) is 0.600. The lowest BCUT2D eigenvalue weighted by atomic mass is 9.61. The number of nitrogens with zero attached hydrogens (tertiary/aromatic N) is 1. The summed E-state index contributed by atoms with van der Waals surface area (Å²) in [5, 5.41) is 0. The zero-order valence-corrected chi connectivity index (χ0v) is 10.4. The van der Waals surface area contributed by atoms with Crippen LogP contribution in [0.5, 0.6) is 0 Å². The molecule has 2 unspecified atom stereocenters. The summed E-state index contributed by atoms with van der Waals surface area (Å²) in [6.45, 7) is 5.02. The molecule has 0 N–H and O–H groups in total. The van der Waals surface area contributed by atoms with Crippen molar-refractivity contribution in [3.8, 4) is 0 Å². The van der Waals surface area contributed by atoms with Gasteiger partial charge in [0.15, 0.2) is 0 Å². The molecule has 0 bridgehead atoms. The van der Waals surface area contributed by atoms with E-state index in [0.29, 0.717) is 5.41 Å². The first-order valence-electron chi connectivity index (χ1n) is 6.47. The lowest BCUT2D eigenvalue weighted by molar-refractivity contribution is 0.106. The van der Waals surface area contributed by atoms with Crippen LogP contribution >= 0.6 is 0 Å². The van der Waals surface area contributed by atoms with Crippen LogP contribution in [0.3, 0.4) is 0 Å². The highest BCUT2D eigenvalue weighted by Crippen LogP contribution is 2.46. The molecule has 2 aliphatic rings. The SMILES string of the molecule is CN1CCC2(C)c3ccccc3CCC2C1. The molecule has 0 amide bonds. The Kier molecular flexibility index (Phi) is 2.32. The van der Waals surface area contributed by atoms with E-state index >= 15 is 0 Å². The maximum Gasteiger partial charge on any atom is 0.00152 e. The molecule has 0 saturated carbocycles. The van der Waals surface area contributed by atoms with Gasteiger partial charge in [-0.25, -0.2) is 0 Å². The van der Waals surface area contributed by atoms with Crippen LogP contribution in [0.1, 0.15) is 30.9 Å². The van der Waals surface area contributed by atoms with Crippen LogP contribution in [0.15, 0.2) is 24.3 Å². The van der Waals surface area contributed by atoms with Gasteiger partial charge in [-0.05, 0) is 55.3 Å². The Morgan fingerprint density at radius 1 is 1.31 bits per heavy atom. The first-order chi connectivity index (χ1) is 7.70. The van der Waals surface area contributed by atoms with E-state index in [-0.39, 0.29) is 0 Å². The van der Waals surface area contributed by atoms with E-state index in [1.807, 2.05) is 0 Å². The van der Waals surface area contributed by atoms with E-state index in [0.717, 1.165) is 5.92 Å². The van der Waals surface area contributed by atoms with Crippen molar-refractivity contribution >= 4 is 0 Å². The monoisotopic (exact) mass is 215 g/mol. The molecule has 1 aliphatic heterocycles. The standard InChI is InChI=1S/C15H21N/c1-15-9-10-16(2)11-13(15)8-7-12-5-3-4-6-14(12)15/h3-6,13H,7-11H2,1-2H3. The summed E-state index contributed by atoms with van der Waals surface area (Å²) in [4.78, 5) is 2.50. The molecule has 1 heteroatoms. The van der Waals surface area contributed by atoms with E-state index in [1.165, 1.54) is 32.4 Å². The molecular formula is C15H21N. The van der Waals surface area contributed by atoms with Gasteiger partial charge in [-0.2, -0.15) is 0 Å². The van der Waals surface area contributed by atoms with Crippen molar-refractivity contribution in [2.24, 2.45) is 5.92 Å². The summed E-state index contributed by atoms with van der Waals surface area (Å²) >= 11 is 0. The summed E-state index contributed by atoms with van der Waals surface area (Å²) < 4.78 is 0. The van der Waals surface area contributed by atoms with Crippen LogP contribution in [-0.4, -0.2) is 25.0 Å². The molecule has 16 heavy (non-hydrogen) atoms. The van der Waals surface area contributed by atoms with Gasteiger partial charge in [-0.3, -0.25) is 0 Å². The van der Waals surface area contributed by atoms with Crippen LogP contribution in [-0.2, 0) is 11.8 Å². The molecule has 1 saturated heterocycles. The topological polar surface area (TPSA) is 3.24 Å². The van der Waals surface area contributed by atoms with Gasteiger partial charge in [0.25, 0.3) is 0 Å². The molecule has 1 aromatic carbocycles. The third-order valence-electron chi connectivity index (χ3n) is 4.84. The average Bonchev–Trinajstić information content (AvgIpc) is 2.31. The highest BCUT2D eigenvalue weighted by Gasteiger charge is 2.42. The van der Waals surface area contributed by atoms with Gasteiger partial charge in [-0.15, -0.1) is 0 Å². The van der Waals surface area contributed by atoms with E-state index < -0.39 is 0 Å². The molecule has 1 nitrogen and oxygen atoms in total. The minimum absolute atomic E-state index is 0.446. The number of fused-ring (bicyclic) bond motifs is 3. The summed E-state index contributed by atoms with van der Waals surface area (Å²) in [6.07, 6.45) is 3.98. The molecular weight excluding hydrogens is 194 g/mol. The molecule has 0 radical (unpaired) electrons. The summed E-state index contributed by atoms with van der Waals surface area (Å²) in [6, 6.07) is 9.10. The summed E-state index contributed by atoms with van der Waals surface area (Å²) in [7, 11) is 2.26. The molecule has 0 aromatic heterocycles. The molecule has 3 rings (SSSR count). The maximum atomic E-state index is 2.50. The molecule has 1 heterocycles. The van der Waals surface area contributed by atoms with E-state index in [4.69, 9.17) is 0 Å². The zero-order chi connectivity index (χ0) is 11.2.